The lowest BCUT2D eigenvalue weighted by Gasteiger charge is -2.50. The van der Waals surface area contributed by atoms with E-state index in [0.717, 1.165) is 25.7 Å². The number of hydrogen-bond acceptors (Lipinski definition) is 2. The van der Waals surface area contributed by atoms with Crippen molar-refractivity contribution in [1.29, 1.82) is 0 Å². The van der Waals surface area contributed by atoms with Crippen LogP contribution in [0.15, 0.2) is 0 Å². The molecule has 19 heavy (non-hydrogen) atoms. The molecule has 116 valence electrons. The van der Waals surface area contributed by atoms with Gasteiger partial charge in [-0.15, -0.1) is 0 Å². The number of hydrogen-bond donors (Lipinski definition) is 2. The Morgan fingerprint density at radius 2 is 1.16 bits per heavy atom. The fourth-order valence-electron chi connectivity index (χ4n) is 3.22. The van der Waals surface area contributed by atoms with Gasteiger partial charge in [0.15, 0.2) is 0 Å². The van der Waals surface area contributed by atoms with E-state index in [2.05, 4.69) is 55.4 Å². The summed E-state index contributed by atoms with van der Waals surface area (Å²) in [6.45, 7) is 16.6. The Kier molecular flexibility index (Phi) is 6.55. The molecule has 0 aliphatic carbocycles. The third-order valence-corrected chi connectivity index (χ3v) is 4.38. The minimum atomic E-state index is -0.495. The molecule has 0 bridgehead atoms. The molecule has 0 saturated carbocycles. The van der Waals surface area contributed by atoms with Crippen LogP contribution in [0.25, 0.3) is 0 Å². The van der Waals surface area contributed by atoms with Crippen LogP contribution in [-0.2, 0) is 0 Å². The summed E-state index contributed by atoms with van der Waals surface area (Å²) in [7, 11) is 0. The van der Waals surface area contributed by atoms with Crippen LogP contribution in [0.1, 0.15) is 81.1 Å². The van der Waals surface area contributed by atoms with Gasteiger partial charge in [0.05, 0.1) is 12.2 Å². The van der Waals surface area contributed by atoms with Crippen LogP contribution in [0.4, 0.5) is 0 Å². The van der Waals surface area contributed by atoms with Crippen LogP contribution in [0.3, 0.4) is 0 Å². The molecule has 0 aromatic rings. The lowest BCUT2D eigenvalue weighted by molar-refractivity contribution is -0.154. The molecule has 0 aromatic carbocycles. The SMILES string of the molecule is CCCCC(CC)(C(O)C(C)(C)C)C(O)C(C)(C)C. The summed E-state index contributed by atoms with van der Waals surface area (Å²) in [6, 6.07) is 0. The molecule has 0 rings (SSSR count). The van der Waals surface area contributed by atoms with Gasteiger partial charge in [-0.3, -0.25) is 0 Å². The first-order chi connectivity index (χ1) is 8.43. The molecule has 0 spiro atoms. The van der Waals surface area contributed by atoms with Gasteiger partial charge < -0.3 is 10.2 Å². The van der Waals surface area contributed by atoms with Gasteiger partial charge in [0.1, 0.15) is 0 Å². The summed E-state index contributed by atoms with van der Waals surface area (Å²) in [5.41, 5.74) is -0.835. The summed E-state index contributed by atoms with van der Waals surface area (Å²) >= 11 is 0. The third kappa shape index (κ3) is 4.46. The molecule has 0 fully saturated rings. The highest BCUT2D eigenvalue weighted by molar-refractivity contribution is 5.00. The maximum absolute atomic E-state index is 10.9. The highest BCUT2D eigenvalue weighted by Crippen LogP contribution is 2.48. The van der Waals surface area contributed by atoms with Gasteiger partial charge in [0.2, 0.25) is 0 Å². The fourth-order valence-corrected chi connectivity index (χ4v) is 3.22. The Bertz CT molecular complexity index is 237. The molecular formula is C17H36O2. The standard InChI is InChI=1S/C17H36O2/c1-9-11-12-17(10-2,13(18)15(3,4)5)14(19)16(6,7)8/h13-14,18-19H,9-12H2,1-8H3. The molecule has 0 saturated heterocycles. The van der Waals surface area contributed by atoms with Crippen LogP contribution in [-0.4, -0.2) is 22.4 Å². The molecule has 2 nitrogen and oxygen atoms in total. The molecular weight excluding hydrogens is 236 g/mol. The van der Waals surface area contributed by atoms with Gasteiger partial charge in [0.25, 0.3) is 0 Å². The zero-order chi connectivity index (χ0) is 15.5. The van der Waals surface area contributed by atoms with E-state index in [1.54, 1.807) is 0 Å². The van der Waals surface area contributed by atoms with Crippen LogP contribution in [0, 0.1) is 16.2 Å². The van der Waals surface area contributed by atoms with E-state index in [0.29, 0.717) is 0 Å². The first-order valence-electron chi connectivity index (χ1n) is 7.79. The Labute approximate surface area is 120 Å². The van der Waals surface area contributed by atoms with E-state index >= 15 is 0 Å². The summed E-state index contributed by atoms with van der Waals surface area (Å²) in [5, 5.41) is 21.8. The largest absolute Gasteiger partial charge is 0.392 e. The average Bonchev–Trinajstić information content (AvgIpc) is 2.27. The van der Waals surface area contributed by atoms with E-state index in [1.807, 2.05) is 0 Å². The Morgan fingerprint density at radius 1 is 0.789 bits per heavy atom. The smallest absolute Gasteiger partial charge is 0.0669 e. The zero-order valence-electron chi connectivity index (χ0n) is 14.4. The second kappa shape index (κ2) is 6.58. The lowest BCUT2D eigenvalue weighted by Crippen LogP contribution is -2.54. The van der Waals surface area contributed by atoms with E-state index < -0.39 is 17.6 Å². The topological polar surface area (TPSA) is 40.5 Å². The molecule has 2 atom stereocenters. The summed E-state index contributed by atoms with van der Waals surface area (Å²) in [5.74, 6) is 0. The predicted molar refractivity (Wildman–Crippen MR) is 83.2 cm³/mol. The van der Waals surface area contributed by atoms with Gasteiger partial charge >= 0.3 is 0 Å². The van der Waals surface area contributed by atoms with Crippen molar-refractivity contribution < 1.29 is 10.2 Å². The molecule has 2 unspecified atom stereocenters. The first-order valence-corrected chi connectivity index (χ1v) is 7.79. The fraction of sp³-hybridized carbons (Fsp3) is 1.00. The second-order valence-electron chi connectivity index (χ2n) is 8.23. The molecule has 0 amide bonds. The van der Waals surface area contributed by atoms with Crippen molar-refractivity contribution in [2.45, 2.75) is 93.3 Å². The minimum Gasteiger partial charge on any atom is -0.392 e. The second-order valence-corrected chi connectivity index (χ2v) is 8.23. The van der Waals surface area contributed by atoms with Gasteiger partial charge in [0, 0.05) is 5.41 Å². The van der Waals surface area contributed by atoms with Crippen LogP contribution < -0.4 is 0 Å². The van der Waals surface area contributed by atoms with Crippen molar-refractivity contribution in [3.8, 4) is 0 Å². The van der Waals surface area contributed by atoms with E-state index in [1.165, 1.54) is 0 Å². The Hall–Kier alpha value is -0.0800. The van der Waals surface area contributed by atoms with E-state index in [9.17, 15) is 10.2 Å². The molecule has 0 aromatic heterocycles. The monoisotopic (exact) mass is 272 g/mol. The van der Waals surface area contributed by atoms with Crippen molar-refractivity contribution in [3.63, 3.8) is 0 Å². The molecule has 0 aliphatic rings. The summed E-state index contributed by atoms with van der Waals surface area (Å²) in [6.07, 6.45) is 2.85. The zero-order valence-corrected chi connectivity index (χ0v) is 14.4. The van der Waals surface area contributed by atoms with Crippen LogP contribution in [0.2, 0.25) is 0 Å². The highest BCUT2D eigenvalue weighted by Gasteiger charge is 2.50. The van der Waals surface area contributed by atoms with Gasteiger partial charge in [-0.05, 0) is 23.7 Å². The normalized spacial score (nSPS) is 19.9. The molecule has 2 heteroatoms. The first kappa shape index (κ1) is 18.9. The molecule has 0 heterocycles. The third-order valence-electron chi connectivity index (χ3n) is 4.38. The molecule has 0 radical (unpaired) electrons. The minimum absolute atomic E-state index is 0.212. The van der Waals surface area contributed by atoms with E-state index in [-0.39, 0.29) is 10.8 Å². The molecule has 0 aliphatic heterocycles. The van der Waals surface area contributed by atoms with Crippen molar-refractivity contribution in [1.82, 2.24) is 0 Å². The van der Waals surface area contributed by atoms with Crippen molar-refractivity contribution in [2.24, 2.45) is 16.2 Å². The summed E-state index contributed by atoms with van der Waals surface area (Å²) < 4.78 is 0. The van der Waals surface area contributed by atoms with Crippen molar-refractivity contribution in [2.75, 3.05) is 0 Å². The van der Waals surface area contributed by atoms with Crippen molar-refractivity contribution >= 4 is 0 Å². The quantitative estimate of drug-likeness (QED) is 0.753. The van der Waals surface area contributed by atoms with Crippen LogP contribution in [0.5, 0.6) is 0 Å². The predicted octanol–water partition coefficient (Wildman–Crippen LogP) is 4.39. The average molecular weight is 272 g/mol. The maximum atomic E-state index is 10.9. The number of aliphatic hydroxyl groups excluding tert-OH is 2. The number of aliphatic hydroxyl groups is 2. The van der Waals surface area contributed by atoms with Crippen LogP contribution >= 0.6 is 0 Å². The van der Waals surface area contributed by atoms with Gasteiger partial charge in [-0.25, -0.2) is 0 Å². The Morgan fingerprint density at radius 3 is 1.37 bits per heavy atom. The van der Waals surface area contributed by atoms with E-state index in [4.69, 9.17) is 0 Å². The van der Waals surface area contributed by atoms with Gasteiger partial charge in [-0.1, -0.05) is 68.2 Å². The maximum Gasteiger partial charge on any atom is 0.0669 e. The number of unbranched alkanes of at least 4 members (excludes halogenated alkanes) is 1. The highest BCUT2D eigenvalue weighted by atomic mass is 16.3. The van der Waals surface area contributed by atoms with Gasteiger partial charge in [-0.2, -0.15) is 0 Å². The lowest BCUT2D eigenvalue weighted by atomic mass is 9.59. The molecule has 2 N–H and O–H groups in total. The Balaban J connectivity index is 5.56. The van der Waals surface area contributed by atoms with Crippen molar-refractivity contribution in [3.05, 3.63) is 0 Å². The number of rotatable bonds is 6. The summed E-state index contributed by atoms with van der Waals surface area (Å²) in [4.78, 5) is 0.